The van der Waals surface area contributed by atoms with Gasteiger partial charge in [-0.1, -0.05) is 35.5 Å². The van der Waals surface area contributed by atoms with Crippen LogP contribution in [0.4, 0.5) is 0 Å². The maximum atomic E-state index is 12.3. The molecule has 2 aromatic carbocycles. The average Bonchev–Trinajstić information content (AvgIpc) is 3.33. The molecule has 0 aliphatic carbocycles. The Morgan fingerprint density at radius 2 is 1.85 bits per heavy atom. The second kappa shape index (κ2) is 12.4. The molecule has 0 fully saturated rings. The Bertz CT molecular complexity index is 1050. The zero-order valence-electron chi connectivity index (χ0n) is 18.9. The molecule has 33 heavy (non-hydrogen) atoms. The highest BCUT2D eigenvalue weighted by Gasteiger charge is 2.16. The highest BCUT2D eigenvalue weighted by atomic mass is 16.5. The van der Waals surface area contributed by atoms with Gasteiger partial charge in [0.25, 0.3) is 11.8 Å². The second-order valence-electron chi connectivity index (χ2n) is 7.28. The summed E-state index contributed by atoms with van der Waals surface area (Å²) in [6.07, 6.45) is 3.21. The summed E-state index contributed by atoms with van der Waals surface area (Å²) in [6, 6.07) is 15.3. The molecule has 9 heteroatoms. The number of carbonyl (C=O) groups is 2. The summed E-state index contributed by atoms with van der Waals surface area (Å²) in [5, 5.41) is 13.5. The topological polar surface area (TPSA) is 107 Å². The fourth-order valence-electron chi connectivity index (χ4n) is 3.17. The summed E-state index contributed by atoms with van der Waals surface area (Å²) in [4.78, 5) is 24.6. The van der Waals surface area contributed by atoms with Gasteiger partial charge in [-0.05, 0) is 43.5 Å². The molecule has 0 aliphatic heterocycles. The highest BCUT2D eigenvalue weighted by molar-refractivity contribution is 5.95. The summed E-state index contributed by atoms with van der Waals surface area (Å²) in [5.41, 5.74) is 2.48. The van der Waals surface area contributed by atoms with Gasteiger partial charge in [-0.25, -0.2) is 4.68 Å². The first-order valence-electron chi connectivity index (χ1n) is 10.9. The van der Waals surface area contributed by atoms with Gasteiger partial charge in [0.05, 0.1) is 19.4 Å². The number of methoxy groups -OCH3 is 1. The summed E-state index contributed by atoms with van der Waals surface area (Å²) >= 11 is 0. The number of nitrogens with one attached hydrogen (secondary N) is 2. The Morgan fingerprint density at radius 3 is 2.61 bits per heavy atom. The molecule has 174 valence electrons. The van der Waals surface area contributed by atoms with E-state index < -0.39 is 0 Å². The minimum absolute atomic E-state index is 0.175. The summed E-state index contributed by atoms with van der Waals surface area (Å²) in [7, 11) is 1.56. The third kappa shape index (κ3) is 6.88. The van der Waals surface area contributed by atoms with Crippen LogP contribution in [0.25, 0.3) is 5.69 Å². The number of aromatic nitrogens is 3. The van der Waals surface area contributed by atoms with Crippen LogP contribution in [0.15, 0.2) is 54.7 Å². The predicted molar refractivity (Wildman–Crippen MR) is 124 cm³/mol. The number of carbonyl (C=O) groups excluding carboxylic acids is 2. The predicted octanol–water partition coefficient (Wildman–Crippen LogP) is 2.40. The minimum atomic E-state index is -0.345. The first-order chi connectivity index (χ1) is 16.1. The monoisotopic (exact) mass is 451 g/mol. The fraction of sp³-hybridized carbons (Fsp3) is 0.333. The largest absolute Gasteiger partial charge is 0.491 e. The van der Waals surface area contributed by atoms with Crippen LogP contribution in [0, 0.1) is 0 Å². The van der Waals surface area contributed by atoms with E-state index in [9.17, 15) is 9.59 Å². The third-order valence-electron chi connectivity index (χ3n) is 4.83. The number of hydrogen-bond donors (Lipinski definition) is 2. The van der Waals surface area contributed by atoms with Crippen LogP contribution < -0.4 is 15.4 Å². The van der Waals surface area contributed by atoms with Gasteiger partial charge in [-0.2, -0.15) is 0 Å². The Kier molecular flexibility index (Phi) is 8.96. The molecule has 0 aliphatic rings. The minimum Gasteiger partial charge on any atom is -0.491 e. The number of nitrogens with zero attached hydrogens (tertiary/aromatic N) is 3. The Labute approximate surface area is 193 Å². The number of rotatable bonds is 12. The van der Waals surface area contributed by atoms with E-state index in [2.05, 4.69) is 33.1 Å². The van der Waals surface area contributed by atoms with Crippen molar-refractivity contribution in [2.75, 3.05) is 33.4 Å². The Morgan fingerprint density at radius 1 is 1.03 bits per heavy atom. The fourth-order valence-corrected chi connectivity index (χ4v) is 3.17. The Balaban J connectivity index is 1.75. The maximum absolute atomic E-state index is 12.3. The van der Waals surface area contributed by atoms with Crippen molar-refractivity contribution < 1.29 is 19.1 Å². The zero-order chi connectivity index (χ0) is 23.5. The van der Waals surface area contributed by atoms with Crippen molar-refractivity contribution in [3.63, 3.8) is 0 Å². The van der Waals surface area contributed by atoms with Crippen molar-refractivity contribution in [3.8, 4) is 11.4 Å². The zero-order valence-corrected chi connectivity index (χ0v) is 18.9. The van der Waals surface area contributed by atoms with Crippen LogP contribution in [-0.4, -0.2) is 60.2 Å². The van der Waals surface area contributed by atoms with Crippen LogP contribution >= 0.6 is 0 Å². The molecule has 0 bridgehead atoms. The highest BCUT2D eigenvalue weighted by Crippen LogP contribution is 2.25. The van der Waals surface area contributed by atoms with Crippen LogP contribution in [0.5, 0.6) is 5.75 Å². The van der Waals surface area contributed by atoms with Crippen LogP contribution in [0.2, 0.25) is 0 Å². The van der Waals surface area contributed by atoms with Gasteiger partial charge in [-0.3, -0.25) is 9.59 Å². The van der Waals surface area contributed by atoms with Crippen molar-refractivity contribution in [3.05, 3.63) is 71.5 Å². The van der Waals surface area contributed by atoms with Gasteiger partial charge < -0.3 is 20.1 Å². The number of amides is 2. The van der Waals surface area contributed by atoms with Crippen molar-refractivity contribution in [1.29, 1.82) is 0 Å². The first kappa shape index (κ1) is 23.9. The summed E-state index contributed by atoms with van der Waals surface area (Å²) in [5.74, 6) is -0.0411. The molecule has 1 heterocycles. The van der Waals surface area contributed by atoms with Gasteiger partial charge >= 0.3 is 0 Å². The number of benzene rings is 2. The first-order valence-corrected chi connectivity index (χ1v) is 10.9. The van der Waals surface area contributed by atoms with Crippen molar-refractivity contribution >= 4 is 11.8 Å². The molecule has 0 spiro atoms. The maximum Gasteiger partial charge on any atom is 0.273 e. The molecule has 0 radical (unpaired) electrons. The second-order valence-corrected chi connectivity index (χ2v) is 7.28. The number of hydrogen-bond acceptors (Lipinski definition) is 6. The lowest BCUT2D eigenvalue weighted by molar-refractivity contribution is 0.0929. The molecule has 0 atom stereocenters. The van der Waals surface area contributed by atoms with Crippen LogP contribution in [-0.2, 0) is 11.2 Å². The van der Waals surface area contributed by atoms with E-state index in [4.69, 9.17) is 9.47 Å². The molecule has 9 nitrogen and oxygen atoms in total. The molecule has 1 aromatic heterocycles. The van der Waals surface area contributed by atoms with E-state index in [0.717, 1.165) is 12.8 Å². The number of aryl methyl sites for hydroxylation is 1. The number of ether oxygens (including phenoxy) is 2. The van der Waals surface area contributed by atoms with Crippen molar-refractivity contribution in [1.82, 2.24) is 25.6 Å². The smallest absolute Gasteiger partial charge is 0.273 e. The Hall–Kier alpha value is -3.72. The molecule has 0 saturated heterocycles. The van der Waals surface area contributed by atoms with Crippen LogP contribution in [0.3, 0.4) is 0 Å². The van der Waals surface area contributed by atoms with Crippen molar-refractivity contribution in [2.24, 2.45) is 0 Å². The summed E-state index contributed by atoms with van der Waals surface area (Å²) in [6.45, 7) is 3.63. The van der Waals surface area contributed by atoms with E-state index >= 15 is 0 Å². The normalized spacial score (nSPS) is 10.6. The standard InChI is InChI=1S/C24H29N5O4/c1-3-25-23(30)19-11-12-21(29-17-20(27-28-29)24(31)26-13-15-32-2)22(16-19)33-14-7-10-18-8-5-4-6-9-18/h4-6,8-9,11-12,16-17H,3,7,10,13-15H2,1-2H3,(H,25,30)(H,26,31). The third-order valence-corrected chi connectivity index (χ3v) is 4.83. The van der Waals surface area contributed by atoms with E-state index in [1.807, 2.05) is 25.1 Å². The van der Waals surface area contributed by atoms with E-state index in [1.54, 1.807) is 25.3 Å². The lowest BCUT2D eigenvalue weighted by Crippen LogP contribution is -2.27. The molecular weight excluding hydrogens is 422 g/mol. The molecule has 2 amide bonds. The van der Waals surface area contributed by atoms with E-state index in [0.29, 0.717) is 43.3 Å². The van der Waals surface area contributed by atoms with Crippen molar-refractivity contribution in [2.45, 2.75) is 19.8 Å². The summed E-state index contributed by atoms with van der Waals surface area (Å²) < 4.78 is 12.5. The van der Waals surface area contributed by atoms with Gasteiger partial charge in [-0.15, -0.1) is 5.10 Å². The molecular formula is C24H29N5O4. The van der Waals surface area contributed by atoms with E-state index in [-0.39, 0.29) is 17.5 Å². The van der Waals surface area contributed by atoms with E-state index in [1.165, 1.54) is 16.4 Å². The van der Waals surface area contributed by atoms with Gasteiger partial charge in [0.2, 0.25) is 0 Å². The quantitative estimate of drug-likeness (QED) is 0.410. The average molecular weight is 452 g/mol. The van der Waals surface area contributed by atoms with Gasteiger partial charge in [0, 0.05) is 25.8 Å². The SMILES string of the molecule is CCNC(=O)c1ccc(-n2cc(C(=O)NCCOC)nn2)c(OCCCc2ccccc2)c1. The lowest BCUT2D eigenvalue weighted by atomic mass is 10.1. The van der Waals surface area contributed by atoms with Crippen LogP contribution in [0.1, 0.15) is 39.8 Å². The van der Waals surface area contributed by atoms with Gasteiger partial charge in [0.15, 0.2) is 5.69 Å². The lowest BCUT2D eigenvalue weighted by Gasteiger charge is -2.13. The molecule has 0 saturated carbocycles. The molecule has 3 rings (SSSR count). The molecule has 3 aromatic rings. The molecule has 0 unspecified atom stereocenters. The van der Waals surface area contributed by atoms with Gasteiger partial charge in [0.1, 0.15) is 11.4 Å². The molecule has 2 N–H and O–H groups in total.